The van der Waals surface area contributed by atoms with Gasteiger partial charge < -0.3 is 5.32 Å². The van der Waals surface area contributed by atoms with Crippen LogP contribution in [0.1, 0.15) is 48.5 Å². The highest BCUT2D eigenvalue weighted by atomic mass is 32.2. The molecule has 0 aliphatic heterocycles. The number of rotatable bonds is 6. The predicted molar refractivity (Wildman–Crippen MR) is 126 cm³/mol. The highest BCUT2D eigenvalue weighted by Gasteiger charge is 2.25. The lowest BCUT2D eigenvalue weighted by atomic mass is 9.95. The van der Waals surface area contributed by atoms with E-state index in [0.717, 1.165) is 38.0 Å². The van der Waals surface area contributed by atoms with Gasteiger partial charge in [0.2, 0.25) is 0 Å². The number of carbonyl (C=O) groups is 1. The Kier molecular flexibility index (Phi) is 6.15. The maximum atomic E-state index is 12.4. The molecule has 9 heteroatoms. The maximum absolute atomic E-state index is 12.4. The highest BCUT2D eigenvalue weighted by Crippen LogP contribution is 2.40. The number of benzene rings is 1. The normalized spacial score (nSPS) is 14.6. The zero-order chi connectivity index (χ0) is 21.0. The lowest BCUT2D eigenvalue weighted by Gasteiger charge is -2.25. The summed E-state index contributed by atoms with van der Waals surface area (Å²) in [4.78, 5) is 18.1. The molecular formula is C22H21N5OS3. The van der Waals surface area contributed by atoms with Gasteiger partial charge in [0.15, 0.2) is 15.3 Å². The van der Waals surface area contributed by atoms with Crippen LogP contribution in [0.15, 0.2) is 63.5 Å². The summed E-state index contributed by atoms with van der Waals surface area (Å²) in [6.45, 7) is 0. The van der Waals surface area contributed by atoms with Crippen molar-refractivity contribution in [2.75, 3.05) is 5.32 Å². The topological polar surface area (TPSA) is 72.7 Å². The molecule has 5 rings (SSSR count). The van der Waals surface area contributed by atoms with Gasteiger partial charge in [0.25, 0.3) is 5.91 Å². The lowest BCUT2D eigenvalue weighted by molar-refractivity contribution is 0.102. The van der Waals surface area contributed by atoms with Gasteiger partial charge in [-0.05, 0) is 48.2 Å². The molecule has 158 valence electrons. The van der Waals surface area contributed by atoms with Crippen molar-refractivity contribution in [2.24, 2.45) is 0 Å². The van der Waals surface area contributed by atoms with Crippen molar-refractivity contribution in [3.05, 3.63) is 59.6 Å². The van der Waals surface area contributed by atoms with Crippen LogP contribution < -0.4 is 5.32 Å². The second kappa shape index (κ2) is 9.33. The molecular weight excluding hydrogens is 446 g/mol. The second-order valence-corrected chi connectivity index (χ2v) is 10.6. The van der Waals surface area contributed by atoms with Gasteiger partial charge in [0, 0.05) is 11.6 Å². The molecule has 0 radical (unpaired) electrons. The number of anilines is 1. The molecule has 0 spiro atoms. The first-order chi connectivity index (χ1) is 15.3. The SMILES string of the molecule is O=C(Nc1cnc(Sc2nnc(-c3cccs3)n2C2CCCCC2)s1)c1ccccc1. The van der Waals surface area contributed by atoms with Gasteiger partial charge in [-0.1, -0.05) is 54.9 Å². The minimum atomic E-state index is -0.133. The van der Waals surface area contributed by atoms with Crippen molar-refractivity contribution in [2.45, 2.75) is 47.6 Å². The molecule has 1 saturated carbocycles. The monoisotopic (exact) mass is 467 g/mol. The summed E-state index contributed by atoms with van der Waals surface area (Å²) in [5, 5.41) is 15.7. The van der Waals surface area contributed by atoms with Crippen LogP contribution in [-0.4, -0.2) is 25.7 Å². The number of thiophene rings is 1. The number of thiazole rings is 1. The zero-order valence-electron chi connectivity index (χ0n) is 16.7. The summed E-state index contributed by atoms with van der Waals surface area (Å²) in [6, 6.07) is 13.8. The van der Waals surface area contributed by atoms with Crippen molar-refractivity contribution in [1.29, 1.82) is 0 Å². The van der Waals surface area contributed by atoms with E-state index in [4.69, 9.17) is 0 Å². The number of nitrogens with one attached hydrogen (secondary N) is 1. The third-order valence-electron chi connectivity index (χ3n) is 5.28. The van der Waals surface area contributed by atoms with E-state index >= 15 is 0 Å². The Morgan fingerprint density at radius 1 is 1.06 bits per heavy atom. The van der Waals surface area contributed by atoms with E-state index in [1.54, 1.807) is 29.7 Å². The zero-order valence-corrected chi connectivity index (χ0v) is 19.2. The Morgan fingerprint density at radius 3 is 2.68 bits per heavy atom. The van der Waals surface area contributed by atoms with Crippen LogP contribution in [-0.2, 0) is 0 Å². The van der Waals surface area contributed by atoms with Crippen LogP contribution in [0.5, 0.6) is 0 Å². The average molecular weight is 468 g/mol. The third kappa shape index (κ3) is 4.58. The van der Waals surface area contributed by atoms with E-state index in [2.05, 4.69) is 42.6 Å². The van der Waals surface area contributed by atoms with Crippen molar-refractivity contribution in [3.8, 4) is 10.7 Å². The first-order valence-corrected chi connectivity index (χ1v) is 12.8. The second-order valence-electron chi connectivity index (χ2n) is 7.36. The molecule has 0 atom stereocenters. The number of amides is 1. The van der Waals surface area contributed by atoms with E-state index in [1.807, 2.05) is 18.2 Å². The summed E-state index contributed by atoms with van der Waals surface area (Å²) in [6.07, 6.45) is 7.79. The van der Waals surface area contributed by atoms with Crippen LogP contribution >= 0.6 is 34.4 Å². The van der Waals surface area contributed by atoms with Gasteiger partial charge >= 0.3 is 0 Å². The Morgan fingerprint density at radius 2 is 1.90 bits per heavy atom. The maximum Gasteiger partial charge on any atom is 0.256 e. The first-order valence-electron chi connectivity index (χ1n) is 10.3. The molecule has 3 aromatic heterocycles. The van der Waals surface area contributed by atoms with Crippen molar-refractivity contribution in [3.63, 3.8) is 0 Å². The molecule has 1 aliphatic carbocycles. The van der Waals surface area contributed by atoms with Gasteiger partial charge in [0.05, 0.1) is 11.1 Å². The van der Waals surface area contributed by atoms with Gasteiger partial charge in [-0.25, -0.2) is 4.98 Å². The van der Waals surface area contributed by atoms with Gasteiger partial charge in [-0.2, -0.15) is 0 Å². The number of carbonyl (C=O) groups excluding carboxylic acids is 1. The summed E-state index contributed by atoms with van der Waals surface area (Å²) >= 11 is 4.66. The molecule has 1 aromatic carbocycles. The fraction of sp³-hybridized carbons (Fsp3) is 0.273. The summed E-state index contributed by atoms with van der Waals surface area (Å²) in [5.74, 6) is 0.810. The van der Waals surface area contributed by atoms with Crippen LogP contribution in [0.4, 0.5) is 5.00 Å². The molecule has 1 fully saturated rings. The molecule has 0 bridgehead atoms. The number of hydrogen-bond acceptors (Lipinski definition) is 7. The average Bonchev–Trinajstić information content (AvgIpc) is 3.56. The minimum absolute atomic E-state index is 0.133. The summed E-state index contributed by atoms with van der Waals surface area (Å²) < 4.78 is 3.14. The molecule has 1 N–H and O–H groups in total. The lowest BCUT2D eigenvalue weighted by Crippen LogP contribution is -2.14. The van der Waals surface area contributed by atoms with E-state index in [9.17, 15) is 4.79 Å². The Bertz CT molecular complexity index is 1150. The molecule has 3 heterocycles. The number of hydrogen-bond donors (Lipinski definition) is 1. The van der Waals surface area contributed by atoms with Crippen molar-refractivity contribution < 1.29 is 4.79 Å². The quantitative estimate of drug-likeness (QED) is 0.357. The smallest absolute Gasteiger partial charge is 0.256 e. The molecule has 1 aliphatic rings. The van der Waals surface area contributed by atoms with Gasteiger partial charge in [-0.15, -0.1) is 21.5 Å². The predicted octanol–water partition coefficient (Wildman–Crippen LogP) is 6.37. The molecule has 0 unspecified atom stereocenters. The van der Waals surface area contributed by atoms with Gasteiger partial charge in [0.1, 0.15) is 5.00 Å². The van der Waals surface area contributed by atoms with Crippen LogP contribution in [0.3, 0.4) is 0 Å². The number of aromatic nitrogens is 4. The van der Waals surface area contributed by atoms with Crippen molar-refractivity contribution >= 4 is 45.3 Å². The summed E-state index contributed by atoms with van der Waals surface area (Å²) in [5.41, 5.74) is 0.628. The minimum Gasteiger partial charge on any atom is -0.312 e. The van der Waals surface area contributed by atoms with Gasteiger partial charge in [-0.3, -0.25) is 9.36 Å². The Balaban J connectivity index is 1.37. The van der Waals surface area contributed by atoms with Crippen LogP contribution in [0.2, 0.25) is 0 Å². The van der Waals surface area contributed by atoms with Crippen LogP contribution in [0, 0.1) is 0 Å². The largest absolute Gasteiger partial charge is 0.312 e. The van der Waals surface area contributed by atoms with E-state index < -0.39 is 0 Å². The first kappa shape index (κ1) is 20.4. The Labute approximate surface area is 192 Å². The molecule has 4 aromatic rings. The molecule has 0 saturated heterocycles. The van der Waals surface area contributed by atoms with E-state index in [0.29, 0.717) is 11.6 Å². The number of nitrogens with zero attached hydrogens (tertiary/aromatic N) is 4. The molecule has 6 nitrogen and oxygen atoms in total. The highest BCUT2D eigenvalue weighted by molar-refractivity contribution is 8.01. The molecule has 31 heavy (non-hydrogen) atoms. The molecule has 1 amide bonds. The third-order valence-corrected chi connectivity index (χ3v) is 8.10. The fourth-order valence-electron chi connectivity index (χ4n) is 3.80. The standard InChI is InChI=1S/C22H21N5OS3/c28-20(15-8-3-1-4-9-15)24-18-14-23-22(30-18)31-21-26-25-19(17-12-7-13-29-17)27(21)16-10-5-2-6-11-16/h1,3-4,7-9,12-14,16H,2,5-6,10-11H2,(H,24,28). The van der Waals surface area contributed by atoms with Crippen molar-refractivity contribution in [1.82, 2.24) is 19.7 Å². The van der Waals surface area contributed by atoms with E-state index in [1.165, 1.54) is 42.4 Å². The fourth-order valence-corrected chi connectivity index (χ4v) is 6.39. The Hall–Kier alpha value is -2.49. The summed E-state index contributed by atoms with van der Waals surface area (Å²) in [7, 11) is 0. The van der Waals surface area contributed by atoms with E-state index in [-0.39, 0.29) is 5.91 Å². The van der Waals surface area contributed by atoms with Crippen LogP contribution in [0.25, 0.3) is 10.7 Å².